The van der Waals surface area contributed by atoms with E-state index in [0.717, 1.165) is 38.7 Å². The van der Waals surface area contributed by atoms with Gasteiger partial charge in [-0.2, -0.15) is 5.10 Å². The normalized spacial score (nSPS) is 12.4. The molecule has 4 rings (SSSR count). The van der Waals surface area contributed by atoms with E-state index in [1.54, 1.807) is 4.68 Å². The summed E-state index contributed by atoms with van der Waals surface area (Å²) >= 11 is 0. The van der Waals surface area contributed by atoms with Crippen molar-refractivity contribution in [2.75, 3.05) is 4.72 Å². The monoisotopic (exact) mass is 390 g/mol. The van der Waals surface area contributed by atoms with Crippen molar-refractivity contribution in [3.8, 4) is 22.3 Å². The molecule has 1 unspecified atom stereocenters. The second kappa shape index (κ2) is 7.56. The Bertz CT molecular complexity index is 1150. The van der Waals surface area contributed by atoms with Gasteiger partial charge in [0.05, 0.1) is 6.20 Å². The minimum absolute atomic E-state index is 0.0487. The molecule has 0 aliphatic heterocycles. The number of nitrogens with one attached hydrogen (secondary N) is 1. The van der Waals surface area contributed by atoms with E-state index in [1.165, 1.54) is 0 Å². The lowest BCUT2D eigenvalue weighted by Crippen LogP contribution is -2.14. The van der Waals surface area contributed by atoms with E-state index in [2.05, 4.69) is 39.1 Å². The molecule has 2 aromatic heterocycles. The summed E-state index contributed by atoms with van der Waals surface area (Å²) in [6.45, 7) is 3.87. The first-order chi connectivity index (χ1) is 13.5. The maximum absolute atomic E-state index is 12.2. The van der Waals surface area contributed by atoms with Gasteiger partial charge >= 0.3 is 0 Å². The molecule has 28 heavy (non-hydrogen) atoms. The van der Waals surface area contributed by atoms with E-state index in [1.807, 2.05) is 63.9 Å². The van der Waals surface area contributed by atoms with E-state index in [4.69, 9.17) is 0 Å². The van der Waals surface area contributed by atoms with Gasteiger partial charge in [-0.05, 0) is 42.5 Å². The molecule has 1 N–H and O–H groups in total. The second-order valence-electron chi connectivity index (χ2n) is 7.05. The highest BCUT2D eigenvalue weighted by molar-refractivity contribution is 7.86. The molecule has 0 aliphatic rings. The molecule has 0 aliphatic carbocycles. The first kappa shape index (κ1) is 18.4. The van der Waals surface area contributed by atoms with E-state index >= 15 is 0 Å². The Kier molecular flexibility index (Phi) is 4.96. The van der Waals surface area contributed by atoms with Crippen molar-refractivity contribution in [1.29, 1.82) is 0 Å². The zero-order valence-electron chi connectivity index (χ0n) is 16.1. The lowest BCUT2D eigenvalue weighted by atomic mass is 9.98. The van der Waals surface area contributed by atoms with E-state index < -0.39 is 11.0 Å². The number of pyridine rings is 1. The summed E-state index contributed by atoms with van der Waals surface area (Å²) in [5, 5.41) is 6.41. The number of fused-ring (bicyclic) bond motifs is 1. The van der Waals surface area contributed by atoms with Crippen LogP contribution in [-0.4, -0.2) is 24.2 Å². The summed E-state index contributed by atoms with van der Waals surface area (Å²) < 4.78 is 17.0. The molecule has 0 bridgehead atoms. The number of aryl methyl sites for hydroxylation is 1. The maximum Gasteiger partial charge on any atom is 0.119 e. The van der Waals surface area contributed by atoms with Crippen LogP contribution in [0, 0.1) is 0 Å². The highest BCUT2D eigenvalue weighted by Gasteiger charge is 2.09. The Labute approximate surface area is 167 Å². The van der Waals surface area contributed by atoms with Gasteiger partial charge in [0.25, 0.3) is 0 Å². The molecule has 142 valence electrons. The summed E-state index contributed by atoms with van der Waals surface area (Å²) in [5.74, 6) is 0. The van der Waals surface area contributed by atoms with E-state index in [0.29, 0.717) is 0 Å². The summed E-state index contributed by atoms with van der Waals surface area (Å²) in [6.07, 6.45) is 7.60. The molecule has 6 heteroatoms. The highest BCUT2D eigenvalue weighted by Crippen LogP contribution is 2.31. The highest BCUT2D eigenvalue weighted by atomic mass is 32.2. The standard InChI is InChI=1S/C22H22N4OS/c1-15(2)28(27)25-20-9-8-18-11-23-13-22(21(18)10-20)17-6-4-16(5-7-17)19-12-24-26(3)14-19/h4-15,25H,1-3H3. The minimum Gasteiger partial charge on any atom is -0.305 e. The Hall–Kier alpha value is -2.99. The van der Waals surface area contributed by atoms with Gasteiger partial charge < -0.3 is 4.72 Å². The number of anilines is 1. The predicted molar refractivity (Wildman–Crippen MR) is 116 cm³/mol. The van der Waals surface area contributed by atoms with Crippen molar-refractivity contribution < 1.29 is 4.21 Å². The topological polar surface area (TPSA) is 59.8 Å². The van der Waals surface area contributed by atoms with Crippen LogP contribution in [0.5, 0.6) is 0 Å². The molecule has 2 heterocycles. The number of rotatable bonds is 5. The van der Waals surface area contributed by atoms with Crippen LogP contribution < -0.4 is 4.72 Å². The SMILES string of the molecule is CC(C)S(=O)Nc1ccc2cncc(-c3ccc(-c4cnn(C)c4)cc3)c2c1. The lowest BCUT2D eigenvalue weighted by molar-refractivity contribution is 0.680. The molecule has 0 saturated heterocycles. The first-order valence-electron chi connectivity index (χ1n) is 9.16. The third kappa shape index (κ3) is 3.68. The van der Waals surface area contributed by atoms with Crippen LogP contribution in [0.2, 0.25) is 0 Å². The van der Waals surface area contributed by atoms with Crippen LogP contribution in [0.1, 0.15) is 13.8 Å². The van der Waals surface area contributed by atoms with Gasteiger partial charge in [0, 0.05) is 53.1 Å². The van der Waals surface area contributed by atoms with Crippen LogP contribution in [-0.2, 0) is 18.0 Å². The Morgan fingerprint density at radius 1 is 0.964 bits per heavy atom. The van der Waals surface area contributed by atoms with Crippen LogP contribution >= 0.6 is 0 Å². The van der Waals surface area contributed by atoms with Crippen molar-refractivity contribution in [2.45, 2.75) is 19.1 Å². The molecule has 0 fully saturated rings. The summed E-state index contributed by atoms with van der Waals surface area (Å²) in [4.78, 5) is 4.40. The van der Waals surface area contributed by atoms with Gasteiger partial charge in [-0.3, -0.25) is 9.67 Å². The molecule has 0 amide bonds. The molecule has 0 saturated carbocycles. The quantitative estimate of drug-likeness (QED) is 0.533. The van der Waals surface area contributed by atoms with E-state index in [-0.39, 0.29) is 5.25 Å². The molecule has 1 atom stereocenters. The molecular formula is C22H22N4OS. The van der Waals surface area contributed by atoms with Crippen molar-refractivity contribution >= 4 is 27.4 Å². The molecule has 0 radical (unpaired) electrons. The zero-order valence-corrected chi connectivity index (χ0v) is 16.9. The fourth-order valence-corrected chi connectivity index (χ4v) is 3.70. The van der Waals surface area contributed by atoms with Gasteiger partial charge in [0.1, 0.15) is 11.0 Å². The van der Waals surface area contributed by atoms with Crippen molar-refractivity contribution in [3.63, 3.8) is 0 Å². The fourth-order valence-electron chi connectivity index (χ4n) is 3.10. The average molecular weight is 391 g/mol. The number of hydrogen-bond donors (Lipinski definition) is 1. The summed E-state index contributed by atoms with van der Waals surface area (Å²) in [5.41, 5.74) is 5.20. The largest absolute Gasteiger partial charge is 0.305 e. The van der Waals surface area contributed by atoms with Gasteiger partial charge in [0.15, 0.2) is 0 Å². The van der Waals surface area contributed by atoms with Crippen LogP contribution in [0.3, 0.4) is 0 Å². The third-order valence-corrected chi connectivity index (χ3v) is 5.93. The fraction of sp³-hybridized carbons (Fsp3) is 0.182. The summed E-state index contributed by atoms with van der Waals surface area (Å²) in [6, 6.07) is 14.4. The van der Waals surface area contributed by atoms with Crippen LogP contribution in [0.4, 0.5) is 5.69 Å². The molecule has 2 aromatic carbocycles. The Morgan fingerprint density at radius 2 is 1.71 bits per heavy atom. The van der Waals surface area contributed by atoms with E-state index in [9.17, 15) is 4.21 Å². The third-order valence-electron chi connectivity index (χ3n) is 4.64. The second-order valence-corrected chi connectivity index (χ2v) is 8.79. The maximum atomic E-state index is 12.2. The van der Waals surface area contributed by atoms with Gasteiger partial charge in [-0.15, -0.1) is 0 Å². The first-order valence-corrected chi connectivity index (χ1v) is 10.4. The van der Waals surface area contributed by atoms with Gasteiger partial charge in [0.2, 0.25) is 0 Å². The zero-order chi connectivity index (χ0) is 19.7. The Balaban J connectivity index is 1.72. The smallest absolute Gasteiger partial charge is 0.119 e. The van der Waals surface area contributed by atoms with Crippen molar-refractivity contribution in [3.05, 3.63) is 67.3 Å². The van der Waals surface area contributed by atoms with Crippen molar-refractivity contribution in [1.82, 2.24) is 14.8 Å². The molecular weight excluding hydrogens is 368 g/mol. The predicted octanol–water partition coefficient (Wildman–Crippen LogP) is 4.79. The Morgan fingerprint density at radius 3 is 2.39 bits per heavy atom. The lowest BCUT2D eigenvalue weighted by Gasteiger charge is -2.12. The molecule has 0 spiro atoms. The number of aromatic nitrogens is 3. The van der Waals surface area contributed by atoms with Crippen molar-refractivity contribution in [2.24, 2.45) is 7.05 Å². The minimum atomic E-state index is -1.11. The van der Waals surface area contributed by atoms with Crippen LogP contribution in [0.15, 0.2) is 67.3 Å². The number of benzene rings is 2. The number of hydrogen-bond acceptors (Lipinski definition) is 3. The van der Waals surface area contributed by atoms with Gasteiger partial charge in [-0.25, -0.2) is 4.21 Å². The summed E-state index contributed by atoms with van der Waals surface area (Å²) in [7, 11) is 0.802. The molecule has 4 aromatic rings. The molecule has 5 nitrogen and oxygen atoms in total. The van der Waals surface area contributed by atoms with Gasteiger partial charge in [-0.1, -0.05) is 30.3 Å². The number of nitrogens with zero attached hydrogens (tertiary/aromatic N) is 3. The van der Waals surface area contributed by atoms with Crippen LogP contribution in [0.25, 0.3) is 33.0 Å². The average Bonchev–Trinajstić information content (AvgIpc) is 3.14.